The van der Waals surface area contributed by atoms with Crippen molar-refractivity contribution in [2.24, 2.45) is 0 Å². The normalized spacial score (nSPS) is 10.3. The van der Waals surface area contributed by atoms with Crippen molar-refractivity contribution in [1.29, 1.82) is 0 Å². The molecular formula is C9H7NS2. The first-order valence-corrected chi connectivity index (χ1v) is 4.97. The first-order valence-electron chi connectivity index (χ1n) is 3.68. The molecule has 0 fully saturated rings. The van der Waals surface area contributed by atoms with Crippen molar-refractivity contribution in [2.45, 2.75) is 6.42 Å². The Labute approximate surface area is 80.1 Å². The van der Waals surface area contributed by atoms with Gasteiger partial charge in [-0.15, -0.1) is 11.3 Å². The van der Waals surface area contributed by atoms with Crippen LogP contribution in [-0.2, 0) is 6.42 Å². The minimum Gasteiger partial charge on any atom is -0.241 e. The summed E-state index contributed by atoms with van der Waals surface area (Å²) in [5, 5.41) is 2.82. The summed E-state index contributed by atoms with van der Waals surface area (Å²) in [6, 6.07) is 8.14. The number of thiazole rings is 1. The summed E-state index contributed by atoms with van der Waals surface area (Å²) < 4.78 is 1.24. The van der Waals surface area contributed by atoms with Gasteiger partial charge in [-0.25, -0.2) is 4.98 Å². The predicted octanol–water partition coefficient (Wildman–Crippen LogP) is 2.84. The second kappa shape index (κ2) is 3.29. The topological polar surface area (TPSA) is 12.9 Å². The number of benzene rings is 1. The number of hydrogen-bond acceptors (Lipinski definition) is 3. The van der Waals surface area contributed by atoms with E-state index in [1.165, 1.54) is 4.70 Å². The van der Waals surface area contributed by atoms with Gasteiger partial charge in [0, 0.05) is 6.42 Å². The number of thiocarbonyl (C=S) groups is 1. The molecule has 0 radical (unpaired) electrons. The molecule has 0 saturated carbocycles. The Kier molecular flexibility index (Phi) is 2.15. The zero-order chi connectivity index (χ0) is 8.39. The van der Waals surface area contributed by atoms with E-state index in [0.717, 1.165) is 16.9 Å². The van der Waals surface area contributed by atoms with Crippen LogP contribution in [0, 0.1) is 0 Å². The molecule has 1 nitrogen and oxygen atoms in total. The first-order chi connectivity index (χ1) is 5.90. The van der Waals surface area contributed by atoms with Crippen LogP contribution < -0.4 is 0 Å². The van der Waals surface area contributed by atoms with E-state index in [0.29, 0.717) is 0 Å². The number of para-hydroxylation sites is 1. The molecule has 2 rings (SSSR count). The molecule has 1 aromatic carbocycles. The van der Waals surface area contributed by atoms with Gasteiger partial charge >= 0.3 is 0 Å². The average Bonchev–Trinajstić information content (AvgIpc) is 2.47. The lowest BCUT2D eigenvalue weighted by Crippen LogP contribution is -1.79. The Morgan fingerprint density at radius 3 is 3.00 bits per heavy atom. The lowest BCUT2D eigenvalue weighted by Gasteiger charge is -1.80. The van der Waals surface area contributed by atoms with Gasteiger partial charge < -0.3 is 0 Å². The summed E-state index contributed by atoms with van der Waals surface area (Å²) in [4.78, 5) is 4.42. The maximum Gasteiger partial charge on any atom is 0.0984 e. The third-order valence-corrected chi connectivity index (χ3v) is 2.82. The fourth-order valence-corrected chi connectivity index (χ4v) is 2.27. The van der Waals surface area contributed by atoms with E-state index in [1.54, 1.807) is 16.7 Å². The number of fused-ring (bicyclic) bond motifs is 1. The summed E-state index contributed by atoms with van der Waals surface area (Å²) in [5.74, 6) is 0. The van der Waals surface area contributed by atoms with Gasteiger partial charge in [0.1, 0.15) is 0 Å². The molecule has 0 saturated heterocycles. The highest BCUT2D eigenvalue weighted by atomic mass is 32.1. The largest absolute Gasteiger partial charge is 0.241 e. The Morgan fingerprint density at radius 1 is 1.42 bits per heavy atom. The summed E-state index contributed by atoms with van der Waals surface area (Å²) >= 11 is 6.49. The number of aromatic nitrogens is 1. The number of rotatable bonds is 2. The Hall–Kier alpha value is -0.800. The molecule has 1 heterocycles. The lowest BCUT2D eigenvalue weighted by molar-refractivity contribution is 1.29. The summed E-state index contributed by atoms with van der Waals surface area (Å²) in [6.07, 6.45) is 0.800. The van der Waals surface area contributed by atoms with Crippen molar-refractivity contribution in [2.75, 3.05) is 0 Å². The molecular weight excluding hydrogens is 186 g/mol. The molecule has 0 N–H and O–H groups in total. The van der Waals surface area contributed by atoms with Gasteiger partial charge in [-0.2, -0.15) is 0 Å². The van der Waals surface area contributed by atoms with Gasteiger partial charge in [0.25, 0.3) is 0 Å². The smallest absolute Gasteiger partial charge is 0.0984 e. The van der Waals surface area contributed by atoms with Gasteiger partial charge in [-0.05, 0) is 17.5 Å². The molecule has 60 valence electrons. The van der Waals surface area contributed by atoms with Crippen LogP contribution in [-0.4, -0.2) is 10.4 Å². The van der Waals surface area contributed by atoms with Gasteiger partial charge in [0.15, 0.2) is 0 Å². The third-order valence-electron chi connectivity index (χ3n) is 1.60. The molecule has 12 heavy (non-hydrogen) atoms. The summed E-state index contributed by atoms with van der Waals surface area (Å²) in [5.41, 5.74) is 1.08. The average molecular weight is 193 g/mol. The van der Waals surface area contributed by atoms with E-state index < -0.39 is 0 Å². The molecule has 0 aliphatic carbocycles. The van der Waals surface area contributed by atoms with E-state index in [9.17, 15) is 0 Å². The van der Waals surface area contributed by atoms with Gasteiger partial charge in [-0.3, -0.25) is 0 Å². The Bertz CT molecular complexity index is 373. The van der Waals surface area contributed by atoms with Crippen molar-refractivity contribution in [3.05, 3.63) is 29.3 Å². The monoisotopic (exact) mass is 193 g/mol. The van der Waals surface area contributed by atoms with Crippen LogP contribution in [0.25, 0.3) is 10.2 Å². The highest BCUT2D eigenvalue weighted by molar-refractivity contribution is 7.79. The first kappa shape index (κ1) is 7.83. The van der Waals surface area contributed by atoms with Crippen molar-refractivity contribution in [3.8, 4) is 0 Å². The molecule has 2 aromatic rings. The minimum absolute atomic E-state index is 0.800. The molecule has 3 heteroatoms. The SMILES string of the molecule is S=CCc1nc2ccccc2s1. The van der Waals surface area contributed by atoms with Gasteiger partial charge in [0.2, 0.25) is 0 Å². The summed E-state index contributed by atoms with van der Waals surface area (Å²) in [6.45, 7) is 0. The van der Waals surface area contributed by atoms with E-state index >= 15 is 0 Å². The molecule has 0 aliphatic heterocycles. The predicted molar refractivity (Wildman–Crippen MR) is 57.0 cm³/mol. The zero-order valence-electron chi connectivity index (χ0n) is 6.36. The molecule has 0 spiro atoms. The van der Waals surface area contributed by atoms with E-state index in [4.69, 9.17) is 12.2 Å². The van der Waals surface area contributed by atoms with Crippen LogP contribution in [0.4, 0.5) is 0 Å². The van der Waals surface area contributed by atoms with Crippen molar-refractivity contribution < 1.29 is 0 Å². The zero-order valence-corrected chi connectivity index (χ0v) is 7.99. The highest BCUT2D eigenvalue weighted by Crippen LogP contribution is 2.21. The molecule has 0 atom stereocenters. The fraction of sp³-hybridized carbons (Fsp3) is 0.111. The molecule has 0 aliphatic rings. The van der Waals surface area contributed by atoms with Crippen LogP contribution in [0.15, 0.2) is 24.3 Å². The Balaban J connectivity index is 2.54. The molecule has 0 bridgehead atoms. The molecule has 0 amide bonds. The van der Waals surface area contributed by atoms with Crippen LogP contribution in [0.2, 0.25) is 0 Å². The third kappa shape index (κ3) is 1.38. The van der Waals surface area contributed by atoms with Crippen LogP contribution in [0.3, 0.4) is 0 Å². The van der Waals surface area contributed by atoms with Crippen LogP contribution in [0.5, 0.6) is 0 Å². The maximum atomic E-state index is 4.78. The van der Waals surface area contributed by atoms with Gasteiger partial charge in [0.05, 0.1) is 15.2 Å². The van der Waals surface area contributed by atoms with Crippen molar-refractivity contribution in [1.82, 2.24) is 4.98 Å². The second-order valence-corrected chi connectivity index (χ2v) is 3.89. The fourth-order valence-electron chi connectivity index (χ4n) is 1.08. The minimum atomic E-state index is 0.800. The van der Waals surface area contributed by atoms with E-state index in [-0.39, 0.29) is 0 Å². The number of nitrogens with zero attached hydrogens (tertiary/aromatic N) is 1. The van der Waals surface area contributed by atoms with Gasteiger partial charge in [-0.1, -0.05) is 24.4 Å². The van der Waals surface area contributed by atoms with E-state index in [1.807, 2.05) is 18.2 Å². The lowest BCUT2D eigenvalue weighted by atomic mass is 10.3. The molecule has 0 unspecified atom stereocenters. The standard InChI is InChI=1S/C9H7NS2/c11-6-5-9-10-7-3-1-2-4-8(7)12-9/h1-4,6H,5H2. The number of hydrogen-bond donors (Lipinski definition) is 0. The maximum absolute atomic E-state index is 4.78. The Morgan fingerprint density at radius 2 is 2.25 bits per heavy atom. The van der Waals surface area contributed by atoms with Crippen LogP contribution in [0.1, 0.15) is 5.01 Å². The van der Waals surface area contributed by atoms with Crippen molar-refractivity contribution in [3.63, 3.8) is 0 Å². The van der Waals surface area contributed by atoms with E-state index in [2.05, 4.69) is 11.1 Å². The van der Waals surface area contributed by atoms with Crippen molar-refractivity contribution >= 4 is 39.1 Å². The van der Waals surface area contributed by atoms with Crippen LogP contribution >= 0.6 is 23.6 Å². The highest BCUT2D eigenvalue weighted by Gasteiger charge is 1.99. The second-order valence-electron chi connectivity index (χ2n) is 2.45. The molecule has 1 aromatic heterocycles. The quantitative estimate of drug-likeness (QED) is 0.680. The summed E-state index contributed by atoms with van der Waals surface area (Å²) in [7, 11) is 0.